The first-order valence-electron chi connectivity index (χ1n) is 6.92. The van der Waals surface area contributed by atoms with Gasteiger partial charge >= 0.3 is 19.7 Å². The number of aromatic nitrogens is 2. The lowest BCUT2D eigenvalue weighted by atomic mass is 10.1. The fourth-order valence-electron chi connectivity index (χ4n) is 2.11. The molecule has 0 amide bonds. The minimum atomic E-state index is -5.69. The van der Waals surface area contributed by atoms with Crippen molar-refractivity contribution >= 4 is 37.8 Å². The molecule has 2 unspecified atom stereocenters. The highest BCUT2D eigenvalue weighted by Gasteiger charge is 2.54. The van der Waals surface area contributed by atoms with Crippen LogP contribution >= 0.6 is 20.2 Å². The molecule has 0 bridgehead atoms. The van der Waals surface area contributed by atoms with E-state index in [0.29, 0.717) is 0 Å². The normalized spacial score (nSPS) is 30.6. The molecule has 1 aromatic rings. The Balaban J connectivity index is 2.17. The molecular weight excluding hydrogens is 451 g/mol. The summed E-state index contributed by atoms with van der Waals surface area (Å²) in [6, 6.07) is 1.23. The van der Waals surface area contributed by atoms with E-state index >= 15 is 0 Å². The molecule has 0 saturated carbocycles. The Labute approximate surface area is 155 Å². The molecule has 154 valence electrons. The van der Waals surface area contributed by atoms with Crippen molar-refractivity contribution in [2.75, 3.05) is 12.3 Å². The van der Waals surface area contributed by atoms with Gasteiger partial charge < -0.3 is 44.8 Å². The van der Waals surface area contributed by atoms with E-state index in [0.717, 1.165) is 10.8 Å². The topological polar surface area (TPSA) is 235 Å². The molecule has 18 heteroatoms. The van der Waals surface area contributed by atoms with Gasteiger partial charge in [0.15, 0.2) is 6.23 Å². The standard InChI is InChI=1S/C9H16N3O11P3S/c10-5-1-2-12(9(15)11-5)8-7(14)6(13)4(23-8)3-22-26(21,27)25(19,20)24(16,17)18/h1-2,4,6-8,13-14H,3H2,(H,19,20)(H,21,27)(H2,10,11,15)(H2,16,17,18)/t4-,6-,7-,8-,26?/m1/s1. The van der Waals surface area contributed by atoms with Gasteiger partial charge in [0.1, 0.15) is 24.1 Å². The third-order valence-corrected chi connectivity index (χ3v) is 17.4. The third-order valence-electron chi connectivity index (χ3n) is 3.54. The summed E-state index contributed by atoms with van der Waals surface area (Å²) >= 11 is 4.35. The fraction of sp³-hybridized carbons (Fsp3) is 0.556. The van der Waals surface area contributed by atoms with Crippen LogP contribution in [0.4, 0.5) is 5.82 Å². The molecular formula is C9H16N3O11P3S. The molecule has 1 aromatic heterocycles. The summed E-state index contributed by atoms with van der Waals surface area (Å²) in [6.07, 6.45) is -10.0. The van der Waals surface area contributed by atoms with Crippen molar-refractivity contribution in [2.24, 2.45) is 0 Å². The maximum Gasteiger partial charge on any atom is 0.416 e. The van der Waals surface area contributed by atoms with Crippen LogP contribution in [-0.2, 0) is 30.2 Å². The molecule has 0 aromatic carbocycles. The number of rotatable bonds is 6. The Hall–Kier alpha value is -0.530. The number of hydrogen-bond acceptors (Lipinski definition) is 10. The monoisotopic (exact) mass is 467 g/mol. The molecule has 27 heavy (non-hydrogen) atoms. The highest BCUT2D eigenvalue weighted by molar-refractivity contribution is 8.69. The van der Waals surface area contributed by atoms with Crippen molar-refractivity contribution < 1.29 is 48.2 Å². The highest BCUT2D eigenvalue weighted by Crippen LogP contribution is 2.94. The van der Waals surface area contributed by atoms with Crippen LogP contribution in [0.15, 0.2) is 17.1 Å². The maximum atomic E-state index is 11.8. The van der Waals surface area contributed by atoms with Crippen molar-refractivity contribution in [1.29, 1.82) is 0 Å². The van der Waals surface area contributed by atoms with Gasteiger partial charge in [0.25, 0.3) is 6.18 Å². The van der Waals surface area contributed by atoms with E-state index in [2.05, 4.69) is 21.3 Å². The second kappa shape index (κ2) is 7.71. The number of nitrogens with two attached hydrogens (primary N) is 1. The van der Waals surface area contributed by atoms with E-state index in [1.54, 1.807) is 0 Å². The first-order valence-corrected chi connectivity index (χ1v) is 14.3. The molecule has 2 heterocycles. The smallest absolute Gasteiger partial charge is 0.387 e. The van der Waals surface area contributed by atoms with E-state index in [-0.39, 0.29) is 5.82 Å². The summed E-state index contributed by atoms with van der Waals surface area (Å²) in [5.74, 6) is -0.0960. The van der Waals surface area contributed by atoms with E-state index in [9.17, 15) is 33.9 Å². The summed E-state index contributed by atoms with van der Waals surface area (Å²) < 4.78 is 33.4. The van der Waals surface area contributed by atoms with Gasteiger partial charge in [-0.05, 0) is 17.9 Å². The predicted octanol–water partition coefficient (Wildman–Crippen LogP) is -1.96. The lowest BCUT2D eigenvalue weighted by Gasteiger charge is -2.23. The number of nitrogens with zero attached hydrogens (tertiary/aromatic N) is 2. The number of aliphatic hydroxyl groups is 2. The average molecular weight is 467 g/mol. The molecule has 8 N–H and O–H groups in total. The molecule has 2 rings (SSSR count). The zero-order chi connectivity index (χ0) is 20.8. The number of aliphatic hydroxyl groups excluding tert-OH is 2. The number of ether oxygens (including phenoxy) is 1. The van der Waals surface area contributed by atoms with Crippen molar-refractivity contribution in [3.8, 4) is 0 Å². The lowest BCUT2D eigenvalue weighted by molar-refractivity contribution is -0.0511. The minimum absolute atomic E-state index is 0.0960. The van der Waals surface area contributed by atoms with Crippen LogP contribution < -0.4 is 11.4 Å². The SMILES string of the molecule is Nc1ccn([C@@H]2O[C@H](COP(O)(=S)P(=O)(O)P(=O)(O)O)[C@@H](O)[C@H]2O)c(=O)n1. The second-order valence-electron chi connectivity index (χ2n) is 5.40. The predicted molar refractivity (Wildman–Crippen MR) is 93.2 cm³/mol. The Kier molecular flexibility index (Phi) is 6.50. The summed E-state index contributed by atoms with van der Waals surface area (Å²) in [6.45, 7) is -6.51. The van der Waals surface area contributed by atoms with Crippen LogP contribution in [0.3, 0.4) is 0 Å². The van der Waals surface area contributed by atoms with Gasteiger partial charge in [0, 0.05) is 6.20 Å². The zero-order valence-corrected chi connectivity index (χ0v) is 16.6. The van der Waals surface area contributed by atoms with Gasteiger partial charge in [-0.15, -0.1) is 0 Å². The minimum Gasteiger partial charge on any atom is -0.387 e. The van der Waals surface area contributed by atoms with E-state index in [4.69, 9.17) is 20.3 Å². The van der Waals surface area contributed by atoms with Gasteiger partial charge in [-0.25, -0.2) is 9.36 Å². The van der Waals surface area contributed by atoms with Crippen LogP contribution in [0.25, 0.3) is 0 Å². The molecule has 6 atom stereocenters. The summed E-state index contributed by atoms with van der Waals surface area (Å²) in [7, 11) is -5.69. The molecule has 1 saturated heterocycles. The highest BCUT2D eigenvalue weighted by atomic mass is 32.8. The fourth-order valence-corrected chi connectivity index (χ4v) is 10.3. The van der Waals surface area contributed by atoms with Crippen molar-refractivity contribution in [3.63, 3.8) is 0 Å². The van der Waals surface area contributed by atoms with Crippen molar-refractivity contribution in [1.82, 2.24) is 9.55 Å². The van der Waals surface area contributed by atoms with Gasteiger partial charge in [-0.1, -0.05) is 0 Å². The Morgan fingerprint density at radius 2 is 1.85 bits per heavy atom. The number of anilines is 1. The van der Waals surface area contributed by atoms with Crippen LogP contribution in [0, 0.1) is 0 Å². The number of nitrogen functional groups attached to an aromatic ring is 1. The second-order valence-corrected chi connectivity index (χ2v) is 18.4. The maximum absolute atomic E-state index is 11.8. The Morgan fingerprint density at radius 3 is 2.37 bits per heavy atom. The van der Waals surface area contributed by atoms with Crippen LogP contribution in [0.2, 0.25) is 0 Å². The quantitative estimate of drug-likeness (QED) is 0.225. The van der Waals surface area contributed by atoms with Gasteiger partial charge in [-0.2, -0.15) is 4.98 Å². The molecule has 0 radical (unpaired) electrons. The van der Waals surface area contributed by atoms with Crippen LogP contribution in [0.5, 0.6) is 0 Å². The first kappa shape index (κ1) is 22.8. The largest absolute Gasteiger partial charge is 0.416 e. The lowest BCUT2D eigenvalue weighted by Crippen LogP contribution is -2.36. The van der Waals surface area contributed by atoms with Crippen LogP contribution in [0.1, 0.15) is 6.23 Å². The molecule has 0 aliphatic carbocycles. The first-order chi connectivity index (χ1) is 12.2. The summed E-state index contributed by atoms with van der Waals surface area (Å²) in [5, 5.41) is 20.0. The Bertz CT molecular complexity index is 918. The third kappa shape index (κ3) is 4.40. The molecule has 14 nitrogen and oxygen atoms in total. The summed E-state index contributed by atoms with van der Waals surface area (Å²) in [4.78, 5) is 52.1. The van der Waals surface area contributed by atoms with Gasteiger partial charge in [-0.3, -0.25) is 9.13 Å². The zero-order valence-electron chi connectivity index (χ0n) is 13.1. The van der Waals surface area contributed by atoms with E-state index in [1.165, 1.54) is 6.07 Å². The van der Waals surface area contributed by atoms with Crippen molar-refractivity contribution in [3.05, 3.63) is 22.7 Å². The summed E-state index contributed by atoms with van der Waals surface area (Å²) in [5.41, 5.74) is 4.44. The average Bonchev–Trinajstić information content (AvgIpc) is 2.80. The van der Waals surface area contributed by atoms with E-state index < -0.39 is 57.0 Å². The van der Waals surface area contributed by atoms with Crippen molar-refractivity contribution in [2.45, 2.75) is 24.5 Å². The molecule has 1 aliphatic heterocycles. The van der Waals surface area contributed by atoms with Crippen LogP contribution in [-0.4, -0.2) is 64.3 Å². The number of hydrogen-bond donors (Lipinski definition) is 7. The van der Waals surface area contributed by atoms with Gasteiger partial charge in [0.05, 0.1) is 6.61 Å². The van der Waals surface area contributed by atoms with Gasteiger partial charge in [0.2, 0.25) is 0 Å². The molecule has 1 fully saturated rings. The molecule has 1 aliphatic rings. The Morgan fingerprint density at radius 1 is 1.26 bits per heavy atom. The van der Waals surface area contributed by atoms with E-state index in [1.807, 2.05) is 0 Å². The molecule has 0 spiro atoms.